The van der Waals surface area contributed by atoms with Crippen LogP contribution in [-0.2, 0) is 4.74 Å². The van der Waals surface area contributed by atoms with Gasteiger partial charge in [-0.2, -0.15) is 5.26 Å². The largest absolute Gasteiger partial charge is 0.388 e. The Hall–Kier alpha value is -0.630. The van der Waals surface area contributed by atoms with Crippen molar-refractivity contribution in [3.8, 4) is 6.07 Å². The van der Waals surface area contributed by atoms with E-state index in [1.165, 1.54) is 0 Å². The number of hydrogen-bond donors (Lipinski definition) is 2. The van der Waals surface area contributed by atoms with Crippen LogP contribution in [0.1, 0.15) is 32.1 Å². The summed E-state index contributed by atoms with van der Waals surface area (Å²) in [6, 6.07) is 2.25. The normalized spacial score (nSPS) is 26.0. The third-order valence-corrected chi connectivity index (χ3v) is 3.79. The number of nitrogens with one attached hydrogen (secondary N) is 1. The molecular weight excluding hydrogens is 204 g/mol. The molecule has 0 atom stereocenters. The first-order chi connectivity index (χ1) is 7.68. The minimum absolute atomic E-state index is 0.219. The lowest BCUT2D eigenvalue weighted by Gasteiger charge is -2.32. The van der Waals surface area contributed by atoms with Crippen molar-refractivity contribution in [2.75, 3.05) is 26.3 Å². The van der Waals surface area contributed by atoms with Crippen molar-refractivity contribution in [1.29, 1.82) is 5.26 Å². The van der Waals surface area contributed by atoms with Crippen LogP contribution in [0.15, 0.2) is 0 Å². The van der Waals surface area contributed by atoms with E-state index in [0.717, 1.165) is 19.4 Å². The summed E-state index contributed by atoms with van der Waals surface area (Å²) >= 11 is 0. The third-order valence-electron chi connectivity index (χ3n) is 3.79. The van der Waals surface area contributed by atoms with Crippen molar-refractivity contribution in [2.24, 2.45) is 5.41 Å². The predicted octanol–water partition coefficient (Wildman–Crippen LogP) is 0.811. The first-order valence-corrected chi connectivity index (χ1v) is 6.06. The number of hydrogen-bond acceptors (Lipinski definition) is 4. The molecule has 1 saturated heterocycles. The minimum atomic E-state index is -0.596. The van der Waals surface area contributed by atoms with Gasteiger partial charge in [0.15, 0.2) is 0 Å². The molecule has 4 heteroatoms. The van der Waals surface area contributed by atoms with Crippen LogP contribution in [0.4, 0.5) is 0 Å². The van der Waals surface area contributed by atoms with Crippen LogP contribution in [0, 0.1) is 16.7 Å². The minimum Gasteiger partial charge on any atom is -0.388 e. The second kappa shape index (κ2) is 4.70. The Morgan fingerprint density at radius 1 is 1.19 bits per heavy atom. The summed E-state index contributed by atoms with van der Waals surface area (Å²) in [5.74, 6) is 0. The van der Waals surface area contributed by atoms with Crippen LogP contribution >= 0.6 is 0 Å². The first kappa shape index (κ1) is 11.8. The summed E-state index contributed by atoms with van der Waals surface area (Å²) in [7, 11) is 0. The molecule has 4 nitrogen and oxygen atoms in total. The summed E-state index contributed by atoms with van der Waals surface area (Å²) in [6.07, 6.45) is 4.36. The lowest BCUT2D eigenvalue weighted by molar-refractivity contribution is -0.0619. The summed E-state index contributed by atoms with van der Waals surface area (Å²) in [5, 5.41) is 22.2. The highest BCUT2D eigenvalue weighted by Crippen LogP contribution is 2.47. The summed E-state index contributed by atoms with van der Waals surface area (Å²) in [6.45, 7) is 2.80. The fraction of sp³-hybridized carbons (Fsp3) is 0.917. The number of rotatable bonds is 5. The van der Waals surface area contributed by atoms with Crippen molar-refractivity contribution in [1.82, 2.24) is 5.32 Å². The highest BCUT2D eigenvalue weighted by atomic mass is 16.5. The third kappa shape index (κ3) is 2.94. The van der Waals surface area contributed by atoms with Gasteiger partial charge in [-0.1, -0.05) is 0 Å². The van der Waals surface area contributed by atoms with Crippen LogP contribution in [-0.4, -0.2) is 37.0 Å². The molecular formula is C12H20N2O2. The molecule has 0 aromatic heterocycles. The molecule has 1 aliphatic heterocycles. The van der Waals surface area contributed by atoms with Crippen LogP contribution in [0.3, 0.4) is 0 Å². The second-order valence-corrected chi connectivity index (χ2v) is 5.28. The lowest BCUT2D eigenvalue weighted by Crippen LogP contribution is -2.46. The van der Waals surface area contributed by atoms with Gasteiger partial charge >= 0.3 is 0 Å². The fourth-order valence-electron chi connectivity index (χ4n) is 2.25. The molecule has 2 N–H and O–H groups in total. The Morgan fingerprint density at radius 3 is 2.44 bits per heavy atom. The molecule has 0 amide bonds. The van der Waals surface area contributed by atoms with E-state index in [4.69, 9.17) is 10.00 Å². The molecule has 16 heavy (non-hydrogen) atoms. The second-order valence-electron chi connectivity index (χ2n) is 5.28. The molecule has 90 valence electrons. The quantitative estimate of drug-likeness (QED) is 0.725. The van der Waals surface area contributed by atoms with Gasteiger partial charge in [0, 0.05) is 45.6 Å². The van der Waals surface area contributed by atoms with E-state index < -0.39 is 5.60 Å². The van der Waals surface area contributed by atoms with Gasteiger partial charge < -0.3 is 15.2 Å². The Kier molecular flexibility index (Phi) is 3.48. The number of aliphatic hydroxyl groups is 1. The van der Waals surface area contributed by atoms with E-state index in [0.29, 0.717) is 39.0 Å². The van der Waals surface area contributed by atoms with E-state index in [1.54, 1.807) is 0 Å². The van der Waals surface area contributed by atoms with Crippen LogP contribution in [0.25, 0.3) is 0 Å². The van der Waals surface area contributed by atoms with Crippen LogP contribution in [0.2, 0.25) is 0 Å². The molecule has 0 bridgehead atoms. The average molecular weight is 224 g/mol. The zero-order valence-electron chi connectivity index (χ0n) is 9.67. The highest BCUT2D eigenvalue weighted by Gasteiger charge is 2.42. The highest BCUT2D eigenvalue weighted by molar-refractivity contribution is 5.01. The molecule has 1 saturated carbocycles. The number of nitrogens with zero attached hydrogens (tertiary/aromatic N) is 1. The molecule has 2 aliphatic rings. The molecule has 0 aromatic carbocycles. The fourth-order valence-corrected chi connectivity index (χ4v) is 2.25. The van der Waals surface area contributed by atoms with Gasteiger partial charge in [0.25, 0.3) is 0 Å². The molecule has 0 spiro atoms. The molecule has 0 radical (unpaired) electrons. The molecule has 2 rings (SSSR count). The van der Waals surface area contributed by atoms with E-state index in [1.807, 2.05) is 0 Å². The van der Waals surface area contributed by atoms with Crippen molar-refractivity contribution >= 4 is 0 Å². The van der Waals surface area contributed by atoms with Gasteiger partial charge in [0.05, 0.1) is 11.7 Å². The Labute approximate surface area is 96.6 Å². The number of nitriles is 1. The smallest absolute Gasteiger partial charge is 0.0815 e. The molecule has 0 aromatic rings. The summed E-state index contributed by atoms with van der Waals surface area (Å²) < 4.78 is 5.23. The van der Waals surface area contributed by atoms with Crippen LogP contribution in [0.5, 0.6) is 0 Å². The van der Waals surface area contributed by atoms with Crippen LogP contribution < -0.4 is 5.32 Å². The lowest BCUT2D eigenvalue weighted by atomic mass is 9.94. The monoisotopic (exact) mass is 224 g/mol. The van der Waals surface area contributed by atoms with Gasteiger partial charge in [-0.3, -0.25) is 0 Å². The predicted molar refractivity (Wildman–Crippen MR) is 59.8 cm³/mol. The standard InChI is InChI=1S/C12H20N2O2/c13-6-3-11(1-2-11)9-14-10-12(15)4-7-16-8-5-12/h14-15H,1-5,7-10H2. The van der Waals surface area contributed by atoms with Crippen molar-refractivity contribution < 1.29 is 9.84 Å². The molecule has 2 fully saturated rings. The molecule has 1 heterocycles. The van der Waals surface area contributed by atoms with Gasteiger partial charge in [-0.15, -0.1) is 0 Å². The molecule has 0 unspecified atom stereocenters. The van der Waals surface area contributed by atoms with E-state index in [2.05, 4.69) is 11.4 Å². The summed E-state index contributed by atoms with van der Waals surface area (Å²) in [4.78, 5) is 0. The van der Waals surface area contributed by atoms with Gasteiger partial charge in [0.1, 0.15) is 0 Å². The van der Waals surface area contributed by atoms with Gasteiger partial charge in [-0.05, 0) is 18.3 Å². The Bertz CT molecular complexity index is 275. The maximum Gasteiger partial charge on any atom is 0.0815 e. The van der Waals surface area contributed by atoms with Crippen molar-refractivity contribution in [2.45, 2.75) is 37.7 Å². The zero-order chi connectivity index (χ0) is 11.5. The summed E-state index contributed by atoms with van der Waals surface area (Å²) in [5.41, 5.74) is -0.378. The topological polar surface area (TPSA) is 65.3 Å². The maximum absolute atomic E-state index is 10.2. The van der Waals surface area contributed by atoms with E-state index in [-0.39, 0.29) is 5.41 Å². The van der Waals surface area contributed by atoms with Crippen molar-refractivity contribution in [3.05, 3.63) is 0 Å². The SMILES string of the molecule is N#CCC1(CNCC2(O)CCOCC2)CC1. The molecule has 1 aliphatic carbocycles. The first-order valence-electron chi connectivity index (χ1n) is 6.06. The van der Waals surface area contributed by atoms with Crippen molar-refractivity contribution in [3.63, 3.8) is 0 Å². The van der Waals surface area contributed by atoms with Gasteiger partial charge in [0.2, 0.25) is 0 Å². The Morgan fingerprint density at radius 2 is 1.88 bits per heavy atom. The number of ether oxygens (including phenoxy) is 1. The van der Waals surface area contributed by atoms with Gasteiger partial charge in [-0.25, -0.2) is 0 Å². The average Bonchev–Trinajstić information content (AvgIpc) is 2.99. The van der Waals surface area contributed by atoms with E-state index >= 15 is 0 Å². The Balaban J connectivity index is 1.69. The zero-order valence-corrected chi connectivity index (χ0v) is 9.67. The maximum atomic E-state index is 10.2. The van der Waals surface area contributed by atoms with E-state index in [9.17, 15) is 5.11 Å².